The van der Waals surface area contributed by atoms with E-state index in [1.54, 1.807) is 27.7 Å². The summed E-state index contributed by atoms with van der Waals surface area (Å²) in [7, 11) is 0. The van der Waals surface area contributed by atoms with Crippen molar-refractivity contribution in [3.63, 3.8) is 0 Å². The predicted octanol–water partition coefficient (Wildman–Crippen LogP) is 1.74. The molecule has 0 rings (SSSR count). The average Bonchev–Trinajstić information content (AvgIpc) is 1.96. The fraction of sp³-hybridized carbons (Fsp3) is 0.778. The molecule has 0 unspecified atom stereocenters. The molecule has 76 valence electrons. The van der Waals surface area contributed by atoms with Crippen molar-refractivity contribution in [1.29, 1.82) is 0 Å². The van der Waals surface area contributed by atoms with Gasteiger partial charge in [-0.2, -0.15) is 0 Å². The second-order valence-electron chi connectivity index (χ2n) is 3.94. The van der Waals surface area contributed by atoms with Gasteiger partial charge in [-0.15, -0.1) is 0 Å². The van der Waals surface area contributed by atoms with Crippen LogP contribution in [0.4, 0.5) is 4.79 Å². The van der Waals surface area contributed by atoms with E-state index < -0.39 is 17.7 Å². The van der Waals surface area contributed by atoms with E-state index in [0.29, 0.717) is 12.7 Å². The fourth-order valence-electron chi connectivity index (χ4n) is 1.27. The van der Waals surface area contributed by atoms with Crippen LogP contribution in [0, 0.1) is 0 Å². The molecule has 0 radical (unpaired) electrons. The van der Waals surface area contributed by atoms with E-state index in [4.69, 9.17) is 5.11 Å². The minimum atomic E-state index is -1.05. The highest BCUT2D eigenvalue weighted by molar-refractivity contribution is 5.72. The summed E-state index contributed by atoms with van der Waals surface area (Å²) in [4.78, 5) is 22.7. The van der Waals surface area contributed by atoms with E-state index >= 15 is 0 Å². The molecule has 0 saturated carbocycles. The molecule has 0 aliphatic rings. The SMILES string of the molecule is CC[C@@H](C=O)N(C(=O)O)C(C)(C)C. The largest absolute Gasteiger partial charge is 0.465 e. The van der Waals surface area contributed by atoms with Crippen LogP contribution in [0.1, 0.15) is 34.1 Å². The molecule has 0 heterocycles. The molecular formula is C9H17NO3. The van der Waals surface area contributed by atoms with Crippen LogP contribution in [0.5, 0.6) is 0 Å². The summed E-state index contributed by atoms with van der Waals surface area (Å²) < 4.78 is 0. The molecule has 4 nitrogen and oxygen atoms in total. The first-order valence-corrected chi connectivity index (χ1v) is 4.32. The maximum absolute atomic E-state index is 10.9. The molecule has 1 atom stereocenters. The van der Waals surface area contributed by atoms with Gasteiger partial charge < -0.3 is 9.90 Å². The number of hydrogen-bond acceptors (Lipinski definition) is 2. The molecule has 13 heavy (non-hydrogen) atoms. The second-order valence-corrected chi connectivity index (χ2v) is 3.94. The number of amides is 1. The molecule has 0 aliphatic carbocycles. The summed E-state index contributed by atoms with van der Waals surface area (Å²) >= 11 is 0. The van der Waals surface area contributed by atoms with Crippen LogP contribution in [0.2, 0.25) is 0 Å². The smallest absolute Gasteiger partial charge is 0.408 e. The predicted molar refractivity (Wildman–Crippen MR) is 49.8 cm³/mol. The van der Waals surface area contributed by atoms with Crippen molar-refractivity contribution in [2.24, 2.45) is 0 Å². The van der Waals surface area contributed by atoms with Crippen molar-refractivity contribution in [1.82, 2.24) is 4.90 Å². The second kappa shape index (κ2) is 4.25. The third-order valence-corrected chi connectivity index (χ3v) is 1.84. The van der Waals surface area contributed by atoms with Crippen molar-refractivity contribution in [3.8, 4) is 0 Å². The summed E-state index contributed by atoms with van der Waals surface area (Å²) in [6.07, 6.45) is 0.137. The maximum Gasteiger partial charge on any atom is 0.408 e. The van der Waals surface area contributed by atoms with Crippen LogP contribution in [-0.4, -0.2) is 34.0 Å². The van der Waals surface area contributed by atoms with Gasteiger partial charge in [0.1, 0.15) is 6.29 Å². The van der Waals surface area contributed by atoms with Gasteiger partial charge in [0.05, 0.1) is 6.04 Å². The highest BCUT2D eigenvalue weighted by Crippen LogP contribution is 2.17. The zero-order valence-electron chi connectivity index (χ0n) is 8.57. The Morgan fingerprint density at radius 3 is 2.08 bits per heavy atom. The first-order valence-electron chi connectivity index (χ1n) is 4.32. The van der Waals surface area contributed by atoms with Crippen LogP contribution in [0.25, 0.3) is 0 Å². The number of carbonyl (C=O) groups excluding carboxylic acids is 1. The van der Waals surface area contributed by atoms with E-state index in [9.17, 15) is 9.59 Å². The van der Waals surface area contributed by atoms with E-state index in [2.05, 4.69) is 0 Å². The summed E-state index contributed by atoms with van der Waals surface area (Å²) in [5.41, 5.74) is -0.534. The lowest BCUT2D eigenvalue weighted by Gasteiger charge is -2.36. The molecule has 0 aromatic carbocycles. The van der Waals surface area contributed by atoms with E-state index in [0.717, 1.165) is 0 Å². The lowest BCUT2D eigenvalue weighted by Crippen LogP contribution is -2.51. The van der Waals surface area contributed by atoms with Gasteiger partial charge in [0, 0.05) is 5.54 Å². The van der Waals surface area contributed by atoms with Crippen LogP contribution in [-0.2, 0) is 4.79 Å². The molecule has 0 aliphatic heterocycles. The van der Waals surface area contributed by atoms with Gasteiger partial charge in [0.15, 0.2) is 0 Å². The van der Waals surface area contributed by atoms with Crippen LogP contribution < -0.4 is 0 Å². The number of nitrogens with zero attached hydrogens (tertiary/aromatic N) is 1. The van der Waals surface area contributed by atoms with Crippen molar-refractivity contribution < 1.29 is 14.7 Å². The Morgan fingerprint density at radius 1 is 1.54 bits per heavy atom. The van der Waals surface area contributed by atoms with Gasteiger partial charge in [-0.25, -0.2) is 4.79 Å². The molecule has 0 aromatic heterocycles. The number of carboxylic acid groups (broad SMARTS) is 1. The third kappa shape index (κ3) is 3.05. The first-order chi connectivity index (χ1) is 5.84. The standard InChI is InChI=1S/C9H17NO3/c1-5-7(6-11)10(8(12)13)9(2,3)4/h6-7H,5H2,1-4H3,(H,12,13)/t7-/m0/s1. The van der Waals surface area contributed by atoms with Gasteiger partial charge in [0.2, 0.25) is 0 Å². The molecule has 0 spiro atoms. The van der Waals surface area contributed by atoms with Gasteiger partial charge in [0.25, 0.3) is 0 Å². The van der Waals surface area contributed by atoms with Gasteiger partial charge in [-0.05, 0) is 27.2 Å². The Bertz CT molecular complexity index is 196. The monoisotopic (exact) mass is 187 g/mol. The van der Waals surface area contributed by atoms with Crippen LogP contribution in [0.15, 0.2) is 0 Å². The molecular weight excluding hydrogens is 170 g/mol. The molecule has 0 aromatic rings. The van der Waals surface area contributed by atoms with Gasteiger partial charge in [-0.1, -0.05) is 6.92 Å². The molecule has 4 heteroatoms. The van der Waals surface area contributed by atoms with Crippen LogP contribution in [0.3, 0.4) is 0 Å². The topological polar surface area (TPSA) is 57.6 Å². The summed E-state index contributed by atoms with van der Waals surface area (Å²) in [6, 6.07) is -0.544. The zero-order valence-corrected chi connectivity index (χ0v) is 8.57. The Balaban J connectivity index is 4.79. The van der Waals surface area contributed by atoms with Crippen molar-refractivity contribution in [2.45, 2.75) is 45.7 Å². The minimum absolute atomic E-state index is 0.507. The fourth-order valence-corrected chi connectivity index (χ4v) is 1.27. The summed E-state index contributed by atoms with van der Waals surface area (Å²) in [5.74, 6) is 0. The molecule has 1 amide bonds. The minimum Gasteiger partial charge on any atom is -0.465 e. The maximum atomic E-state index is 10.9. The number of aldehydes is 1. The van der Waals surface area contributed by atoms with Crippen LogP contribution >= 0.6 is 0 Å². The third-order valence-electron chi connectivity index (χ3n) is 1.84. The summed E-state index contributed by atoms with van der Waals surface area (Å²) in [6.45, 7) is 7.11. The Hall–Kier alpha value is -1.06. The molecule has 1 N–H and O–H groups in total. The van der Waals surface area contributed by atoms with Gasteiger partial charge in [-0.3, -0.25) is 4.90 Å². The molecule has 0 bridgehead atoms. The number of hydrogen-bond donors (Lipinski definition) is 1. The van der Waals surface area contributed by atoms with E-state index in [-0.39, 0.29) is 0 Å². The Morgan fingerprint density at radius 2 is 2.00 bits per heavy atom. The van der Waals surface area contributed by atoms with Crippen molar-refractivity contribution in [2.75, 3.05) is 0 Å². The van der Waals surface area contributed by atoms with E-state index in [1.165, 1.54) is 4.90 Å². The number of carbonyl (C=O) groups is 2. The zero-order chi connectivity index (χ0) is 10.6. The first kappa shape index (κ1) is 11.9. The molecule has 0 fully saturated rings. The Kier molecular flexibility index (Phi) is 3.91. The Labute approximate surface area is 78.5 Å². The average molecular weight is 187 g/mol. The van der Waals surface area contributed by atoms with Crippen molar-refractivity contribution in [3.05, 3.63) is 0 Å². The lowest BCUT2D eigenvalue weighted by atomic mass is 10.0. The normalized spacial score (nSPS) is 13.5. The highest BCUT2D eigenvalue weighted by atomic mass is 16.4. The van der Waals surface area contributed by atoms with E-state index in [1.807, 2.05) is 0 Å². The quantitative estimate of drug-likeness (QED) is 0.685. The van der Waals surface area contributed by atoms with Gasteiger partial charge >= 0.3 is 6.09 Å². The summed E-state index contributed by atoms with van der Waals surface area (Å²) in [5, 5.41) is 8.91. The molecule has 0 saturated heterocycles. The number of rotatable bonds is 3. The lowest BCUT2D eigenvalue weighted by molar-refractivity contribution is -0.113. The highest BCUT2D eigenvalue weighted by Gasteiger charge is 2.31. The van der Waals surface area contributed by atoms with Crippen molar-refractivity contribution >= 4 is 12.4 Å².